The Balaban J connectivity index is 2.61. The third kappa shape index (κ3) is 1.01. The molecule has 1 fully saturated rings. The fraction of sp³-hybridized carbons (Fsp3) is 0.857. The second-order valence-corrected chi connectivity index (χ2v) is 2.95. The van der Waals surface area contributed by atoms with Crippen molar-refractivity contribution in [1.82, 2.24) is 5.32 Å². The zero-order chi connectivity index (χ0) is 7.72. The summed E-state index contributed by atoms with van der Waals surface area (Å²) in [5.74, 6) is 0.376. The van der Waals surface area contributed by atoms with Gasteiger partial charge < -0.3 is 10.4 Å². The molecule has 1 heterocycles. The van der Waals surface area contributed by atoms with Crippen LogP contribution in [0.4, 0.5) is 0 Å². The third-order valence-electron chi connectivity index (χ3n) is 2.36. The van der Waals surface area contributed by atoms with E-state index in [9.17, 15) is 4.79 Å². The first-order valence-corrected chi connectivity index (χ1v) is 3.58. The number of amides is 1. The van der Waals surface area contributed by atoms with Gasteiger partial charge in [-0.3, -0.25) is 4.79 Å². The monoisotopic (exact) mass is 143 g/mol. The summed E-state index contributed by atoms with van der Waals surface area (Å²) >= 11 is 0. The second kappa shape index (κ2) is 2.58. The fourth-order valence-corrected chi connectivity index (χ4v) is 1.24. The van der Waals surface area contributed by atoms with E-state index in [1.165, 1.54) is 0 Å². The van der Waals surface area contributed by atoms with Crippen LogP contribution in [-0.2, 0) is 4.79 Å². The van der Waals surface area contributed by atoms with Crippen LogP contribution in [0, 0.1) is 11.8 Å². The molecule has 0 bridgehead atoms. The molecule has 0 aliphatic carbocycles. The summed E-state index contributed by atoms with van der Waals surface area (Å²) in [7, 11) is 0. The van der Waals surface area contributed by atoms with Crippen LogP contribution < -0.4 is 5.32 Å². The highest BCUT2D eigenvalue weighted by Crippen LogP contribution is 2.21. The maximum absolute atomic E-state index is 10.9. The standard InChI is InChI=1S/C7H13NO2/c1-4-5(2)7(10)8-6(4)3-9/h4-6,9H,3H2,1-2H3,(H,8,10)/t4-,5+,6+/m0/s1. The maximum Gasteiger partial charge on any atom is 0.223 e. The lowest BCUT2D eigenvalue weighted by molar-refractivity contribution is -0.122. The molecule has 1 aliphatic rings. The number of aliphatic hydroxyl groups excluding tert-OH is 1. The molecule has 1 aliphatic heterocycles. The Labute approximate surface area is 60.4 Å². The fourth-order valence-electron chi connectivity index (χ4n) is 1.24. The maximum atomic E-state index is 10.9. The van der Waals surface area contributed by atoms with Crippen molar-refractivity contribution in [3.05, 3.63) is 0 Å². The van der Waals surface area contributed by atoms with E-state index in [-0.39, 0.29) is 30.4 Å². The molecule has 2 N–H and O–H groups in total. The molecule has 0 aromatic heterocycles. The summed E-state index contributed by atoms with van der Waals surface area (Å²) in [6.45, 7) is 3.91. The number of aliphatic hydroxyl groups is 1. The van der Waals surface area contributed by atoms with Crippen LogP contribution in [0.5, 0.6) is 0 Å². The summed E-state index contributed by atoms with van der Waals surface area (Å²) in [6, 6.07) is -0.0255. The van der Waals surface area contributed by atoms with Gasteiger partial charge in [0.05, 0.1) is 12.6 Å². The molecule has 0 spiro atoms. The van der Waals surface area contributed by atoms with E-state index in [1.54, 1.807) is 0 Å². The van der Waals surface area contributed by atoms with Gasteiger partial charge >= 0.3 is 0 Å². The molecule has 1 rings (SSSR count). The van der Waals surface area contributed by atoms with E-state index in [1.807, 2.05) is 13.8 Å². The van der Waals surface area contributed by atoms with Gasteiger partial charge in [-0.05, 0) is 5.92 Å². The highest BCUT2D eigenvalue weighted by atomic mass is 16.3. The quantitative estimate of drug-likeness (QED) is 0.531. The topological polar surface area (TPSA) is 49.3 Å². The van der Waals surface area contributed by atoms with Gasteiger partial charge in [-0.25, -0.2) is 0 Å². The Kier molecular flexibility index (Phi) is 1.94. The number of carbonyl (C=O) groups excluding carboxylic acids is 1. The minimum absolute atomic E-state index is 0.0255. The molecule has 0 saturated carbocycles. The third-order valence-corrected chi connectivity index (χ3v) is 2.36. The van der Waals surface area contributed by atoms with Crippen molar-refractivity contribution in [1.29, 1.82) is 0 Å². The van der Waals surface area contributed by atoms with Crippen LogP contribution in [0.25, 0.3) is 0 Å². The summed E-state index contributed by atoms with van der Waals surface area (Å²) in [5, 5.41) is 11.5. The Morgan fingerprint density at radius 2 is 2.20 bits per heavy atom. The average Bonchev–Trinajstić information content (AvgIpc) is 2.17. The molecular formula is C7H13NO2. The average molecular weight is 143 g/mol. The normalized spacial score (nSPS) is 39.9. The molecule has 3 heteroatoms. The predicted octanol–water partition coefficient (Wildman–Crippen LogP) is -0.251. The van der Waals surface area contributed by atoms with Crippen molar-refractivity contribution < 1.29 is 9.90 Å². The van der Waals surface area contributed by atoms with E-state index in [0.717, 1.165) is 0 Å². The second-order valence-electron chi connectivity index (χ2n) is 2.95. The summed E-state index contributed by atoms with van der Waals surface area (Å²) in [4.78, 5) is 10.9. The lowest BCUT2D eigenvalue weighted by Gasteiger charge is -2.12. The van der Waals surface area contributed by atoms with Crippen LogP contribution in [-0.4, -0.2) is 23.7 Å². The molecule has 0 aromatic rings. The van der Waals surface area contributed by atoms with E-state index in [0.29, 0.717) is 0 Å². The molecule has 0 unspecified atom stereocenters. The molecule has 3 atom stereocenters. The van der Waals surface area contributed by atoms with Crippen molar-refractivity contribution in [3.8, 4) is 0 Å². The van der Waals surface area contributed by atoms with Gasteiger partial charge in [0.25, 0.3) is 0 Å². The summed E-state index contributed by atoms with van der Waals surface area (Å²) in [5.41, 5.74) is 0. The Morgan fingerprint density at radius 1 is 1.60 bits per heavy atom. The molecule has 10 heavy (non-hydrogen) atoms. The molecule has 58 valence electrons. The van der Waals surface area contributed by atoms with Crippen LogP contribution in [0.1, 0.15) is 13.8 Å². The predicted molar refractivity (Wildman–Crippen MR) is 37.3 cm³/mol. The first kappa shape index (κ1) is 7.54. The molecule has 0 radical (unpaired) electrons. The highest BCUT2D eigenvalue weighted by molar-refractivity contribution is 5.81. The minimum atomic E-state index is -0.0255. The Hall–Kier alpha value is -0.570. The van der Waals surface area contributed by atoms with Gasteiger partial charge in [0, 0.05) is 5.92 Å². The van der Waals surface area contributed by atoms with Crippen LogP contribution >= 0.6 is 0 Å². The van der Waals surface area contributed by atoms with E-state index in [2.05, 4.69) is 5.32 Å². The first-order chi connectivity index (χ1) is 4.66. The zero-order valence-electron chi connectivity index (χ0n) is 6.29. The van der Waals surface area contributed by atoms with E-state index >= 15 is 0 Å². The minimum Gasteiger partial charge on any atom is -0.394 e. The Morgan fingerprint density at radius 3 is 2.40 bits per heavy atom. The number of rotatable bonds is 1. The van der Waals surface area contributed by atoms with Crippen molar-refractivity contribution in [2.45, 2.75) is 19.9 Å². The van der Waals surface area contributed by atoms with Gasteiger partial charge in [0.2, 0.25) is 5.91 Å². The van der Waals surface area contributed by atoms with Crippen LogP contribution in [0.15, 0.2) is 0 Å². The molecule has 0 aromatic carbocycles. The van der Waals surface area contributed by atoms with E-state index in [4.69, 9.17) is 5.11 Å². The Bertz CT molecular complexity index is 147. The molecule has 3 nitrogen and oxygen atoms in total. The summed E-state index contributed by atoms with van der Waals surface area (Å²) < 4.78 is 0. The lowest BCUT2D eigenvalue weighted by Crippen LogP contribution is -2.31. The first-order valence-electron chi connectivity index (χ1n) is 3.58. The van der Waals surface area contributed by atoms with Gasteiger partial charge in [-0.1, -0.05) is 13.8 Å². The van der Waals surface area contributed by atoms with E-state index < -0.39 is 0 Å². The summed E-state index contributed by atoms with van der Waals surface area (Å²) in [6.07, 6.45) is 0. The number of nitrogens with one attached hydrogen (secondary N) is 1. The number of carbonyl (C=O) groups is 1. The van der Waals surface area contributed by atoms with Crippen molar-refractivity contribution >= 4 is 5.91 Å². The van der Waals surface area contributed by atoms with Crippen LogP contribution in [0.3, 0.4) is 0 Å². The van der Waals surface area contributed by atoms with Crippen molar-refractivity contribution in [2.75, 3.05) is 6.61 Å². The lowest BCUT2D eigenvalue weighted by atomic mass is 9.94. The van der Waals surface area contributed by atoms with Crippen molar-refractivity contribution in [3.63, 3.8) is 0 Å². The highest BCUT2D eigenvalue weighted by Gasteiger charge is 2.35. The smallest absolute Gasteiger partial charge is 0.223 e. The van der Waals surface area contributed by atoms with Crippen LogP contribution in [0.2, 0.25) is 0 Å². The molecule has 1 saturated heterocycles. The van der Waals surface area contributed by atoms with Gasteiger partial charge in [0.15, 0.2) is 0 Å². The van der Waals surface area contributed by atoms with Gasteiger partial charge in [0.1, 0.15) is 0 Å². The van der Waals surface area contributed by atoms with Crippen molar-refractivity contribution in [2.24, 2.45) is 11.8 Å². The zero-order valence-corrected chi connectivity index (χ0v) is 6.29. The SMILES string of the molecule is C[C@@H]1[C@@H](CO)NC(=O)[C@@H]1C. The van der Waals surface area contributed by atoms with Gasteiger partial charge in [-0.15, -0.1) is 0 Å². The largest absolute Gasteiger partial charge is 0.394 e. The molecular weight excluding hydrogens is 130 g/mol. The van der Waals surface area contributed by atoms with Gasteiger partial charge in [-0.2, -0.15) is 0 Å². The number of hydrogen-bond acceptors (Lipinski definition) is 2. The molecule has 1 amide bonds. The number of hydrogen-bond donors (Lipinski definition) is 2.